The maximum Gasteiger partial charge on any atom is 0.226 e. The minimum atomic E-state index is 0.282. The first-order chi connectivity index (χ1) is 15.1. The average molecular weight is 416 g/mol. The molecule has 2 bridgehead atoms. The Labute approximate surface area is 179 Å². The predicted molar refractivity (Wildman–Crippen MR) is 117 cm³/mol. The number of anilines is 3. The van der Waals surface area contributed by atoms with Gasteiger partial charge in [0, 0.05) is 49.0 Å². The summed E-state index contributed by atoms with van der Waals surface area (Å²) in [6.07, 6.45) is 6.65. The molecule has 3 atom stereocenters. The van der Waals surface area contributed by atoms with Crippen molar-refractivity contribution >= 4 is 34.3 Å². The lowest BCUT2D eigenvalue weighted by molar-refractivity contribution is 0.135. The third-order valence-corrected chi connectivity index (χ3v) is 6.28. The smallest absolute Gasteiger partial charge is 0.226 e. The number of aryl methyl sites for hydroxylation is 1. The van der Waals surface area contributed by atoms with Crippen LogP contribution in [-0.2, 0) is 0 Å². The molecule has 3 aromatic heterocycles. The second-order valence-electron chi connectivity index (χ2n) is 8.31. The Kier molecular flexibility index (Phi) is 4.92. The SMILES string of the molecule is [C-]#[N+]c1c[nH]c2nc(NC3CC4CC[C@@H](C3)N4CCC#N)nc(Nc3cc(C)[nH]n3)c12. The third-order valence-electron chi connectivity index (χ3n) is 6.28. The Morgan fingerprint density at radius 2 is 2.13 bits per heavy atom. The largest absolute Gasteiger partial charge is 0.357 e. The molecule has 31 heavy (non-hydrogen) atoms. The van der Waals surface area contributed by atoms with E-state index in [0.29, 0.717) is 52.8 Å². The van der Waals surface area contributed by atoms with E-state index in [1.54, 1.807) is 6.20 Å². The normalized spacial score (nSPS) is 22.9. The number of rotatable bonds is 6. The monoisotopic (exact) mass is 416 g/mol. The molecule has 2 aliphatic rings. The van der Waals surface area contributed by atoms with E-state index in [-0.39, 0.29) is 6.04 Å². The molecule has 2 fully saturated rings. The van der Waals surface area contributed by atoms with E-state index >= 15 is 0 Å². The van der Waals surface area contributed by atoms with Crippen molar-refractivity contribution in [3.8, 4) is 6.07 Å². The third kappa shape index (κ3) is 3.66. The molecule has 2 saturated heterocycles. The Balaban J connectivity index is 1.40. The molecule has 0 aliphatic carbocycles. The summed E-state index contributed by atoms with van der Waals surface area (Å²) >= 11 is 0. The van der Waals surface area contributed by atoms with Crippen LogP contribution in [0, 0.1) is 24.8 Å². The summed E-state index contributed by atoms with van der Waals surface area (Å²) in [6, 6.07) is 5.46. The van der Waals surface area contributed by atoms with E-state index in [2.05, 4.69) is 46.6 Å². The van der Waals surface area contributed by atoms with Crippen LogP contribution in [-0.4, -0.2) is 54.7 Å². The standard InChI is InChI=1S/C21H24N10/c1-12-8-17(30-29-12)26-20-18-16(23-2)11-24-19(18)27-21(28-20)25-13-9-14-4-5-15(10-13)31(14)7-3-6-22/h8,11,13-15H,3-5,7,9-10H2,1H3,(H4,24,25,26,27,28,29,30)/t13?,14-,15?/m0/s1. The molecule has 0 radical (unpaired) electrons. The number of nitrogens with zero attached hydrogens (tertiary/aromatic N) is 6. The molecule has 3 aromatic rings. The first kappa shape index (κ1) is 19.3. The minimum absolute atomic E-state index is 0.282. The van der Waals surface area contributed by atoms with Crippen molar-refractivity contribution < 1.29 is 0 Å². The zero-order valence-corrected chi connectivity index (χ0v) is 17.3. The van der Waals surface area contributed by atoms with E-state index in [0.717, 1.165) is 25.1 Å². The summed E-state index contributed by atoms with van der Waals surface area (Å²) in [5.41, 5.74) is 2.03. The van der Waals surface area contributed by atoms with Crippen LogP contribution in [0.15, 0.2) is 12.3 Å². The highest BCUT2D eigenvalue weighted by molar-refractivity contribution is 6.00. The summed E-state index contributed by atoms with van der Waals surface area (Å²) in [5.74, 6) is 1.74. The Morgan fingerprint density at radius 3 is 2.81 bits per heavy atom. The zero-order chi connectivity index (χ0) is 21.4. The van der Waals surface area contributed by atoms with E-state index in [4.69, 9.17) is 16.8 Å². The van der Waals surface area contributed by atoms with E-state index in [9.17, 15) is 0 Å². The van der Waals surface area contributed by atoms with Crippen molar-refractivity contribution in [2.75, 3.05) is 17.2 Å². The zero-order valence-electron chi connectivity index (χ0n) is 17.3. The predicted octanol–water partition coefficient (Wildman–Crippen LogP) is 3.60. The number of aromatic nitrogens is 5. The minimum Gasteiger partial charge on any atom is -0.357 e. The fourth-order valence-corrected chi connectivity index (χ4v) is 4.98. The first-order valence-electron chi connectivity index (χ1n) is 10.6. The number of nitrogens with one attached hydrogen (secondary N) is 4. The highest BCUT2D eigenvalue weighted by atomic mass is 15.3. The summed E-state index contributed by atoms with van der Waals surface area (Å²) < 4.78 is 0. The Bertz CT molecular complexity index is 1170. The molecule has 0 aromatic carbocycles. The highest BCUT2D eigenvalue weighted by Gasteiger charge is 2.40. The number of aromatic amines is 2. The van der Waals surface area contributed by atoms with E-state index in [1.807, 2.05) is 13.0 Å². The van der Waals surface area contributed by atoms with Gasteiger partial charge < -0.3 is 15.6 Å². The highest BCUT2D eigenvalue weighted by Crippen LogP contribution is 2.37. The summed E-state index contributed by atoms with van der Waals surface area (Å²) in [4.78, 5) is 18.5. The maximum atomic E-state index is 8.94. The molecule has 0 amide bonds. The molecule has 10 nitrogen and oxygen atoms in total. The number of nitriles is 1. The van der Waals surface area contributed by atoms with Crippen molar-refractivity contribution in [1.82, 2.24) is 30.0 Å². The van der Waals surface area contributed by atoms with Crippen molar-refractivity contribution in [3.05, 3.63) is 29.4 Å². The molecule has 5 rings (SSSR count). The molecular formula is C21H24N10. The lowest BCUT2D eigenvalue weighted by atomic mass is 9.97. The number of piperidine rings is 1. The van der Waals surface area contributed by atoms with Crippen LogP contribution >= 0.6 is 0 Å². The average Bonchev–Trinajstić information content (AvgIpc) is 3.42. The van der Waals surface area contributed by atoms with Gasteiger partial charge in [0.25, 0.3) is 0 Å². The molecule has 158 valence electrons. The molecule has 2 unspecified atom stereocenters. The van der Waals surface area contributed by atoms with Gasteiger partial charge in [-0.25, -0.2) is 4.85 Å². The van der Waals surface area contributed by atoms with Crippen molar-refractivity contribution in [2.24, 2.45) is 0 Å². The maximum absolute atomic E-state index is 8.94. The van der Waals surface area contributed by atoms with Crippen LogP contribution in [0.3, 0.4) is 0 Å². The van der Waals surface area contributed by atoms with Crippen LogP contribution in [0.4, 0.5) is 23.3 Å². The quantitative estimate of drug-likeness (QED) is 0.452. The van der Waals surface area contributed by atoms with Crippen LogP contribution in [0.1, 0.15) is 37.8 Å². The lowest BCUT2D eigenvalue weighted by Crippen LogP contribution is -2.47. The van der Waals surface area contributed by atoms with Gasteiger partial charge in [-0.15, -0.1) is 0 Å². The van der Waals surface area contributed by atoms with E-state index in [1.165, 1.54) is 12.8 Å². The summed E-state index contributed by atoms with van der Waals surface area (Å²) in [6.45, 7) is 10.3. The van der Waals surface area contributed by atoms with Crippen molar-refractivity contribution in [2.45, 2.75) is 57.2 Å². The van der Waals surface area contributed by atoms with Gasteiger partial charge in [0.05, 0.1) is 18.0 Å². The van der Waals surface area contributed by atoms with Crippen LogP contribution in [0.5, 0.6) is 0 Å². The van der Waals surface area contributed by atoms with Crippen LogP contribution in [0.2, 0.25) is 0 Å². The van der Waals surface area contributed by atoms with Gasteiger partial charge in [0.15, 0.2) is 5.82 Å². The number of hydrogen-bond donors (Lipinski definition) is 4. The van der Waals surface area contributed by atoms with E-state index < -0.39 is 0 Å². The Morgan fingerprint density at radius 1 is 1.32 bits per heavy atom. The van der Waals surface area contributed by atoms with Crippen LogP contribution < -0.4 is 10.6 Å². The summed E-state index contributed by atoms with van der Waals surface area (Å²) in [5, 5.41) is 23.5. The molecule has 0 spiro atoms. The van der Waals surface area contributed by atoms with Gasteiger partial charge in [-0.05, 0) is 32.6 Å². The lowest BCUT2D eigenvalue weighted by Gasteiger charge is -2.38. The topological polar surface area (TPSA) is 126 Å². The number of H-pyrrole nitrogens is 2. The summed E-state index contributed by atoms with van der Waals surface area (Å²) in [7, 11) is 0. The van der Waals surface area contributed by atoms with Gasteiger partial charge in [0.2, 0.25) is 11.6 Å². The fraction of sp³-hybridized carbons (Fsp3) is 0.476. The number of fused-ring (bicyclic) bond motifs is 3. The fourth-order valence-electron chi connectivity index (χ4n) is 4.98. The second kappa shape index (κ2) is 7.89. The van der Waals surface area contributed by atoms with Gasteiger partial charge in [0.1, 0.15) is 11.5 Å². The van der Waals surface area contributed by atoms with Gasteiger partial charge in [-0.3, -0.25) is 10.00 Å². The molecule has 10 heteroatoms. The second-order valence-corrected chi connectivity index (χ2v) is 8.31. The number of hydrogen-bond acceptors (Lipinski definition) is 7. The molecule has 2 aliphatic heterocycles. The first-order valence-corrected chi connectivity index (χ1v) is 10.6. The van der Waals surface area contributed by atoms with Crippen LogP contribution in [0.25, 0.3) is 15.9 Å². The molecule has 4 N–H and O–H groups in total. The molecular weight excluding hydrogens is 392 g/mol. The van der Waals surface area contributed by atoms with Gasteiger partial charge in [-0.2, -0.15) is 20.3 Å². The molecule has 0 saturated carbocycles. The van der Waals surface area contributed by atoms with Crippen molar-refractivity contribution in [3.63, 3.8) is 0 Å². The van der Waals surface area contributed by atoms with Crippen molar-refractivity contribution in [1.29, 1.82) is 5.26 Å². The van der Waals surface area contributed by atoms with Gasteiger partial charge in [-0.1, -0.05) is 0 Å². The molecule has 5 heterocycles. The Hall–Kier alpha value is -3.63. The van der Waals surface area contributed by atoms with Gasteiger partial charge >= 0.3 is 0 Å².